The number of aromatic nitrogens is 1. The van der Waals surface area contributed by atoms with E-state index in [-0.39, 0.29) is 5.92 Å². The smallest absolute Gasteiger partial charge is 0.356 e. The number of hydrogen-bond acceptors (Lipinski definition) is 6. The minimum absolute atomic E-state index is 0.273. The van der Waals surface area contributed by atoms with E-state index in [1.807, 2.05) is 41.7 Å². The van der Waals surface area contributed by atoms with Crippen molar-refractivity contribution in [2.75, 3.05) is 44.7 Å². The van der Waals surface area contributed by atoms with Gasteiger partial charge < -0.3 is 19.9 Å². The number of nitrogens with one attached hydrogen (secondary N) is 1. The van der Waals surface area contributed by atoms with Crippen molar-refractivity contribution in [1.82, 2.24) is 9.88 Å². The van der Waals surface area contributed by atoms with Crippen molar-refractivity contribution in [3.8, 4) is 0 Å². The second kappa shape index (κ2) is 10.9. The predicted molar refractivity (Wildman–Crippen MR) is 138 cm³/mol. The van der Waals surface area contributed by atoms with E-state index >= 15 is 0 Å². The summed E-state index contributed by atoms with van der Waals surface area (Å²) in [6.07, 6.45) is 8.23. The molecule has 3 N–H and O–H groups in total. The first-order valence-electron chi connectivity index (χ1n) is 13.2. The second-order valence-corrected chi connectivity index (χ2v) is 10.3. The van der Waals surface area contributed by atoms with Crippen molar-refractivity contribution in [3.05, 3.63) is 47.7 Å². The van der Waals surface area contributed by atoms with Gasteiger partial charge in [0.2, 0.25) is 5.82 Å². The van der Waals surface area contributed by atoms with Crippen LogP contribution in [0.3, 0.4) is 0 Å². The fourth-order valence-electron chi connectivity index (χ4n) is 5.68. The van der Waals surface area contributed by atoms with E-state index in [9.17, 15) is 4.79 Å². The molecule has 2 aromatic rings. The first kappa shape index (κ1) is 23.9. The molecule has 0 spiro atoms. The Labute approximate surface area is 208 Å². The highest BCUT2D eigenvalue weighted by atomic mass is 16.5. The molecule has 3 heterocycles. The summed E-state index contributed by atoms with van der Waals surface area (Å²) in [5.74, 6) is 1.26. The second-order valence-electron chi connectivity index (χ2n) is 10.3. The highest BCUT2D eigenvalue weighted by Gasteiger charge is 2.33. The molecule has 0 bridgehead atoms. The van der Waals surface area contributed by atoms with Gasteiger partial charge in [-0.2, -0.15) is 4.98 Å². The molecule has 3 fully saturated rings. The molecule has 35 heavy (non-hydrogen) atoms. The highest BCUT2D eigenvalue weighted by Crippen LogP contribution is 2.37. The summed E-state index contributed by atoms with van der Waals surface area (Å²) in [6, 6.07) is 11.9. The molecule has 1 aliphatic carbocycles. The molecule has 1 saturated carbocycles. The molecule has 0 radical (unpaired) electrons. The van der Waals surface area contributed by atoms with E-state index in [1.165, 1.54) is 46.0 Å². The van der Waals surface area contributed by atoms with Crippen LogP contribution in [0.2, 0.25) is 0 Å². The molecule has 1 aromatic carbocycles. The molecular formula is C28H38N5O2+. The van der Waals surface area contributed by atoms with Crippen molar-refractivity contribution >= 4 is 28.9 Å². The summed E-state index contributed by atoms with van der Waals surface area (Å²) >= 11 is 0. The number of rotatable bonds is 8. The van der Waals surface area contributed by atoms with Gasteiger partial charge in [-0.1, -0.05) is 24.6 Å². The van der Waals surface area contributed by atoms with Crippen LogP contribution in [0.4, 0.5) is 17.2 Å². The Morgan fingerprint density at radius 1 is 1.06 bits per heavy atom. The Morgan fingerprint density at radius 2 is 1.77 bits per heavy atom. The largest absolute Gasteiger partial charge is 0.464 e. The Kier molecular flexibility index (Phi) is 7.44. The van der Waals surface area contributed by atoms with Crippen LogP contribution in [0.25, 0.3) is 0 Å². The third-order valence-corrected chi connectivity index (χ3v) is 7.98. The number of esters is 1. The number of ether oxygens (including phenoxy) is 1. The zero-order chi connectivity index (χ0) is 24.2. The van der Waals surface area contributed by atoms with Crippen LogP contribution < -0.4 is 10.2 Å². The molecule has 7 nitrogen and oxygen atoms in total. The molecule has 0 unspecified atom stereocenters. The molecule has 7 heteroatoms. The van der Waals surface area contributed by atoms with Crippen LogP contribution >= 0.6 is 0 Å². The van der Waals surface area contributed by atoms with Gasteiger partial charge in [0.15, 0.2) is 5.69 Å². The highest BCUT2D eigenvalue weighted by molar-refractivity contribution is 6.08. The van der Waals surface area contributed by atoms with Gasteiger partial charge in [0, 0.05) is 25.6 Å². The van der Waals surface area contributed by atoms with Crippen LogP contribution in [-0.2, 0) is 4.74 Å². The van der Waals surface area contributed by atoms with Crippen LogP contribution in [0.15, 0.2) is 36.4 Å². The third kappa shape index (κ3) is 5.41. The maximum absolute atomic E-state index is 12.6. The van der Waals surface area contributed by atoms with Crippen molar-refractivity contribution < 1.29 is 14.8 Å². The normalized spacial score (nSPS) is 19.5. The zero-order valence-electron chi connectivity index (χ0n) is 20.8. The summed E-state index contributed by atoms with van der Waals surface area (Å²) < 4.78 is 5.06. The van der Waals surface area contributed by atoms with E-state index in [2.05, 4.69) is 9.80 Å². The van der Waals surface area contributed by atoms with Crippen molar-refractivity contribution in [2.24, 2.45) is 11.8 Å². The summed E-state index contributed by atoms with van der Waals surface area (Å²) in [4.78, 5) is 22.3. The van der Waals surface area contributed by atoms with Crippen LogP contribution in [0.1, 0.15) is 61.0 Å². The number of benzene rings is 1. The summed E-state index contributed by atoms with van der Waals surface area (Å²) in [5.41, 5.74) is 3.86. The van der Waals surface area contributed by atoms with Gasteiger partial charge in [0.1, 0.15) is 11.3 Å². The number of likely N-dealkylation sites (tertiary alicyclic amines) is 1. The minimum Gasteiger partial charge on any atom is -0.464 e. The third-order valence-electron chi connectivity index (χ3n) is 7.98. The van der Waals surface area contributed by atoms with Gasteiger partial charge in [0.05, 0.1) is 18.5 Å². The monoisotopic (exact) mass is 476 g/mol. The van der Waals surface area contributed by atoms with E-state index in [0.29, 0.717) is 17.2 Å². The number of anilines is 1. The number of nitrogens with two attached hydrogens (primary N) is 1. The quantitative estimate of drug-likeness (QED) is 0.343. The number of quaternary nitrogens is 1. The summed E-state index contributed by atoms with van der Waals surface area (Å²) in [7, 11) is 1.40. The zero-order valence-corrected chi connectivity index (χ0v) is 20.8. The van der Waals surface area contributed by atoms with Gasteiger partial charge in [0.25, 0.3) is 0 Å². The van der Waals surface area contributed by atoms with E-state index in [1.54, 1.807) is 0 Å². The van der Waals surface area contributed by atoms with Gasteiger partial charge >= 0.3 is 5.97 Å². The van der Waals surface area contributed by atoms with Crippen molar-refractivity contribution in [2.45, 2.75) is 44.9 Å². The predicted octanol–water partition coefficient (Wildman–Crippen LogP) is 3.87. The summed E-state index contributed by atoms with van der Waals surface area (Å²) in [5, 5.41) is 11.2. The molecule has 186 valence electrons. The number of methoxy groups -OCH3 is 1. The Bertz CT molecular complexity index is 1040. The van der Waals surface area contributed by atoms with Gasteiger partial charge in [-0.05, 0) is 75.7 Å². The first-order chi connectivity index (χ1) is 17.1. The number of carbonyl (C=O) groups is 1. The molecular weight excluding hydrogens is 438 g/mol. The number of carbonyl (C=O) groups excluding carboxylic acids is 1. The maximum atomic E-state index is 12.6. The Balaban J connectivity index is 1.47. The molecule has 0 atom stereocenters. The molecule has 5 rings (SSSR count). The lowest BCUT2D eigenvalue weighted by Crippen LogP contribution is -2.72. The number of pyridine rings is 1. The standard InChI is InChI=1S/C28H37N5O2/c1-35-28(34)23-18-24(33-16-12-20(13-17-33)19-32-14-5-6-15-32)25(26(29)21-8-7-9-21)27(31-23)30-22-10-3-2-4-11-22/h2-4,10-11,18,20-21,29H,5-9,12-17,19H2,1H3,(H,30,31)/p+1. The average Bonchev–Trinajstić information content (AvgIpc) is 3.36. The van der Waals surface area contributed by atoms with Gasteiger partial charge in [-0.15, -0.1) is 0 Å². The summed E-state index contributed by atoms with van der Waals surface area (Å²) in [6.45, 7) is 5.58. The average molecular weight is 477 g/mol. The van der Waals surface area contributed by atoms with E-state index in [0.717, 1.165) is 61.6 Å². The van der Waals surface area contributed by atoms with Gasteiger partial charge in [-0.3, -0.25) is 5.32 Å². The van der Waals surface area contributed by atoms with Crippen molar-refractivity contribution in [1.29, 1.82) is 5.41 Å². The van der Waals surface area contributed by atoms with Crippen LogP contribution in [0, 0.1) is 17.2 Å². The lowest BCUT2D eigenvalue weighted by molar-refractivity contribution is -0.483. The minimum atomic E-state index is -0.431. The Hall–Kier alpha value is -2.77. The van der Waals surface area contributed by atoms with Crippen LogP contribution in [0.5, 0.6) is 0 Å². The fourth-order valence-corrected chi connectivity index (χ4v) is 5.68. The lowest BCUT2D eigenvalue weighted by Gasteiger charge is -2.37. The molecule has 0 amide bonds. The fraction of sp³-hybridized carbons (Fsp3) is 0.536. The lowest BCUT2D eigenvalue weighted by atomic mass is 9.79. The molecule has 1 aromatic heterocycles. The topological polar surface area (TPSA) is 86.1 Å². The number of hydrogen-bond donors (Lipinski definition) is 2. The van der Waals surface area contributed by atoms with Gasteiger partial charge in [-0.25, -0.2) is 4.79 Å². The Morgan fingerprint density at radius 3 is 2.40 bits per heavy atom. The van der Waals surface area contributed by atoms with E-state index < -0.39 is 5.97 Å². The van der Waals surface area contributed by atoms with Crippen molar-refractivity contribution in [3.63, 3.8) is 0 Å². The van der Waals surface area contributed by atoms with E-state index in [4.69, 9.17) is 15.1 Å². The number of piperidine rings is 1. The van der Waals surface area contributed by atoms with Crippen LogP contribution in [-0.4, -0.2) is 61.4 Å². The number of nitrogens with zero attached hydrogens (tertiary/aromatic N) is 3. The first-order valence-corrected chi connectivity index (χ1v) is 13.2. The number of para-hydroxylation sites is 1. The molecule has 2 aliphatic heterocycles. The molecule has 3 aliphatic rings. The maximum Gasteiger partial charge on any atom is 0.356 e. The SMILES string of the molecule is COC(=O)c1cc(N2CCC(CN3CCCC3)CC2)c(C(=N)C2CCC2)c([NH2+]c2ccccc2)n1. The molecule has 2 saturated heterocycles.